The highest BCUT2D eigenvalue weighted by Crippen LogP contribution is 2.34. The predicted octanol–water partition coefficient (Wildman–Crippen LogP) is 4.33. The van der Waals surface area contributed by atoms with Crippen LogP contribution in [0.25, 0.3) is 22.5 Å². The monoisotopic (exact) mass is 322 g/mol. The lowest BCUT2D eigenvalue weighted by Crippen LogP contribution is -1.95. The Bertz CT molecular complexity index is 853. The third-order valence-corrected chi connectivity index (χ3v) is 4.19. The molecule has 3 rings (SSSR count). The summed E-state index contributed by atoms with van der Waals surface area (Å²) in [5.41, 5.74) is 5.51. The second kappa shape index (κ2) is 6.79. The molecule has 2 aromatic carbocycles. The van der Waals surface area contributed by atoms with Crippen molar-refractivity contribution in [2.24, 2.45) is 7.05 Å². The van der Waals surface area contributed by atoms with Crippen LogP contribution >= 0.6 is 0 Å². The number of nitrogens with zero attached hydrogens (tertiary/aromatic N) is 2. The van der Waals surface area contributed by atoms with Crippen molar-refractivity contribution in [3.63, 3.8) is 0 Å². The predicted molar refractivity (Wildman–Crippen MR) is 96.6 cm³/mol. The van der Waals surface area contributed by atoms with Crippen molar-refractivity contribution in [1.29, 1.82) is 0 Å². The number of aromatic nitrogens is 2. The van der Waals surface area contributed by atoms with E-state index in [-0.39, 0.29) is 0 Å². The lowest BCUT2D eigenvalue weighted by molar-refractivity contribution is 0.415. The van der Waals surface area contributed by atoms with E-state index in [4.69, 9.17) is 14.6 Å². The quantitative estimate of drug-likeness (QED) is 0.701. The zero-order valence-electron chi connectivity index (χ0n) is 14.5. The fourth-order valence-electron chi connectivity index (χ4n) is 3.04. The molecule has 0 aliphatic carbocycles. The lowest BCUT2D eigenvalue weighted by Gasteiger charge is -2.08. The summed E-state index contributed by atoms with van der Waals surface area (Å²) in [4.78, 5) is 0. The van der Waals surface area contributed by atoms with Gasteiger partial charge < -0.3 is 9.47 Å². The van der Waals surface area contributed by atoms with Crippen molar-refractivity contribution < 1.29 is 9.47 Å². The summed E-state index contributed by atoms with van der Waals surface area (Å²) in [6.45, 7) is 2.16. The van der Waals surface area contributed by atoms with E-state index >= 15 is 0 Å². The summed E-state index contributed by atoms with van der Waals surface area (Å²) in [5, 5.41) is 4.78. The largest absolute Gasteiger partial charge is 0.497 e. The zero-order valence-corrected chi connectivity index (χ0v) is 14.5. The molecule has 0 spiro atoms. The van der Waals surface area contributed by atoms with Gasteiger partial charge in [-0.15, -0.1) is 0 Å². The van der Waals surface area contributed by atoms with Gasteiger partial charge in [0.2, 0.25) is 0 Å². The van der Waals surface area contributed by atoms with Gasteiger partial charge in [-0.25, -0.2) is 0 Å². The van der Waals surface area contributed by atoms with E-state index in [1.165, 1.54) is 5.56 Å². The van der Waals surface area contributed by atoms with Crippen LogP contribution in [0.4, 0.5) is 0 Å². The minimum Gasteiger partial charge on any atom is -0.497 e. The van der Waals surface area contributed by atoms with E-state index in [9.17, 15) is 0 Å². The molecule has 0 amide bonds. The molecule has 3 aromatic rings. The summed E-state index contributed by atoms with van der Waals surface area (Å²) in [6, 6.07) is 16.1. The van der Waals surface area contributed by atoms with E-state index in [1.807, 2.05) is 48.1 Å². The van der Waals surface area contributed by atoms with Crippen LogP contribution < -0.4 is 9.47 Å². The van der Waals surface area contributed by atoms with Crippen LogP contribution in [0.2, 0.25) is 0 Å². The molecule has 0 unspecified atom stereocenters. The maximum Gasteiger partial charge on any atom is 0.119 e. The van der Waals surface area contributed by atoms with Crippen molar-refractivity contribution in [3.05, 3.63) is 54.1 Å². The van der Waals surface area contributed by atoms with Gasteiger partial charge >= 0.3 is 0 Å². The molecular weight excluding hydrogens is 300 g/mol. The molecule has 0 saturated carbocycles. The van der Waals surface area contributed by atoms with Crippen molar-refractivity contribution in [3.8, 4) is 34.0 Å². The Morgan fingerprint density at radius 1 is 0.917 bits per heavy atom. The van der Waals surface area contributed by atoms with Gasteiger partial charge in [-0.2, -0.15) is 5.10 Å². The van der Waals surface area contributed by atoms with Crippen molar-refractivity contribution in [1.82, 2.24) is 9.78 Å². The molecule has 0 saturated heterocycles. The maximum absolute atomic E-state index is 5.37. The number of hydrogen-bond donors (Lipinski definition) is 0. The average molecular weight is 322 g/mol. The van der Waals surface area contributed by atoms with E-state index in [2.05, 4.69) is 19.1 Å². The Morgan fingerprint density at radius 3 is 2.08 bits per heavy atom. The number of hydrogen-bond acceptors (Lipinski definition) is 3. The van der Waals surface area contributed by atoms with Gasteiger partial charge in [-0.1, -0.05) is 31.2 Å². The first-order valence-electron chi connectivity index (χ1n) is 8.02. The van der Waals surface area contributed by atoms with E-state index in [1.54, 1.807) is 14.2 Å². The number of aryl methyl sites for hydroxylation is 1. The van der Waals surface area contributed by atoms with Gasteiger partial charge in [0.15, 0.2) is 0 Å². The summed E-state index contributed by atoms with van der Waals surface area (Å²) in [7, 11) is 5.35. The highest BCUT2D eigenvalue weighted by atomic mass is 16.5. The molecular formula is C20H22N2O2. The molecule has 4 nitrogen and oxygen atoms in total. The minimum absolute atomic E-state index is 0.836. The van der Waals surface area contributed by atoms with E-state index < -0.39 is 0 Å². The first-order chi connectivity index (χ1) is 11.7. The van der Waals surface area contributed by atoms with Crippen LogP contribution in [0.1, 0.15) is 12.5 Å². The second-order valence-electron chi connectivity index (χ2n) is 5.62. The third-order valence-electron chi connectivity index (χ3n) is 4.19. The van der Waals surface area contributed by atoms with Crippen LogP contribution in [0, 0.1) is 0 Å². The first-order valence-corrected chi connectivity index (χ1v) is 8.02. The second-order valence-corrected chi connectivity index (χ2v) is 5.62. The molecule has 0 radical (unpaired) electrons. The van der Waals surface area contributed by atoms with Gasteiger partial charge in [-0.3, -0.25) is 4.68 Å². The van der Waals surface area contributed by atoms with Crippen molar-refractivity contribution >= 4 is 0 Å². The van der Waals surface area contributed by atoms with Gasteiger partial charge in [0.1, 0.15) is 11.5 Å². The van der Waals surface area contributed by atoms with Crippen LogP contribution in [0.15, 0.2) is 48.5 Å². The van der Waals surface area contributed by atoms with Crippen LogP contribution in [0.5, 0.6) is 11.5 Å². The number of methoxy groups -OCH3 is 2. The average Bonchev–Trinajstić information content (AvgIpc) is 2.98. The highest BCUT2D eigenvalue weighted by Gasteiger charge is 2.18. The molecule has 1 heterocycles. The molecule has 0 aliphatic rings. The number of rotatable bonds is 5. The van der Waals surface area contributed by atoms with Crippen molar-refractivity contribution in [2.75, 3.05) is 14.2 Å². The summed E-state index contributed by atoms with van der Waals surface area (Å²) in [5.74, 6) is 1.68. The molecule has 24 heavy (non-hydrogen) atoms. The molecule has 124 valence electrons. The van der Waals surface area contributed by atoms with E-state index in [0.717, 1.165) is 40.4 Å². The van der Waals surface area contributed by atoms with Gasteiger partial charge in [0.05, 0.1) is 25.6 Å². The molecule has 1 aromatic heterocycles. The Labute approximate surface area is 142 Å². The number of ether oxygens (including phenoxy) is 2. The van der Waals surface area contributed by atoms with Crippen LogP contribution in [-0.4, -0.2) is 24.0 Å². The Kier molecular flexibility index (Phi) is 4.56. The summed E-state index contributed by atoms with van der Waals surface area (Å²) >= 11 is 0. The topological polar surface area (TPSA) is 36.3 Å². The molecule has 0 fully saturated rings. The van der Waals surface area contributed by atoms with E-state index in [0.29, 0.717) is 0 Å². The van der Waals surface area contributed by atoms with Gasteiger partial charge in [0, 0.05) is 23.7 Å². The van der Waals surface area contributed by atoms with Crippen LogP contribution in [0.3, 0.4) is 0 Å². The minimum atomic E-state index is 0.836. The highest BCUT2D eigenvalue weighted by molar-refractivity contribution is 5.75. The standard InChI is InChI=1S/C20H22N2O2/c1-5-18-19(14-8-6-10-16(12-14)23-3)21-22(2)20(18)15-9-7-11-17(13-15)24-4/h6-13H,5H2,1-4H3. The fourth-order valence-corrected chi connectivity index (χ4v) is 3.04. The summed E-state index contributed by atoms with van der Waals surface area (Å²) < 4.78 is 12.7. The molecule has 0 N–H and O–H groups in total. The zero-order chi connectivity index (χ0) is 17.1. The lowest BCUT2D eigenvalue weighted by atomic mass is 9.99. The molecule has 0 atom stereocenters. The Morgan fingerprint density at radius 2 is 1.50 bits per heavy atom. The molecule has 0 bridgehead atoms. The molecule has 0 aliphatic heterocycles. The first kappa shape index (κ1) is 16.1. The Balaban J connectivity index is 2.16. The normalized spacial score (nSPS) is 10.7. The molecule has 4 heteroatoms. The van der Waals surface area contributed by atoms with Gasteiger partial charge in [-0.05, 0) is 30.7 Å². The SMILES string of the molecule is CCc1c(-c2cccc(OC)c2)nn(C)c1-c1cccc(OC)c1. The summed E-state index contributed by atoms with van der Waals surface area (Å²) in [6.07, 6.45) is 0.896. The fraction of sp³-hybridized carbons (Fsp3) is 0.250. The van der Waals surface area contributed by atoms with Crippen LogP contribution in [-0.2, 0) is 13.5 Å². The smallest absolute Gasteiger partial charge is 0.119 e. The third kappa shape index (κ3) is 2.87. The van der Waals surface area contributed by atoms with Crippen molar-refractivity contribution in [2.45, 2.75) is 13.3 Å². The van der Waals surface area contributed by atoms with Gasteiger partial charge in [0.25, 0.3) is 0 Å². The maximum atomic E-state index is 5.37. The number of benzene rings is 2. The Hall–Kier alpha value is -2.75.